The number of furan rings is 3. The van der Waals surface area contributed by atoms with E-state index < -0.39 is 23.8 Å². The van der Waals surface area contributed by atoms with E-state index in [1.165, 1.54) is 175 Å². The van der Waals surface area contributed by atoms with Crippen molar-refractivity contribution in [3.05, 3.63) is 139 Å². The van der Waals surface area contributed by atoms with Crippen LogP contribution in [0.2, 0.25) is 0 Å². The number of ether oxygens (including phenoxy) is 4. The molecule has 0 aliphatic heterocycles. The van der Waals surface area contributed by atoms with Gasteiger partial charge < -0.3 is 51.9 Å². The van der Waals surface area contributed by atoms with Gasteiger partial charge in [-0.15, -0.1) is 0 Å². The lowest BCUT2D eigenvalue weighted by atomic mass is 10.0. The minimum Gasteiger partial charge on any atom is -0.466 e. The smallest absolute Gasteiger partial charge is 0.466 e. The Labute approximate surface area is 681 Å². The lowest BCUT2D eigenvalue weighted by molar-refractivity contribution is 0.0547. The first-order valence-corrected chi connectivity index (χ1v) is 47.0. The maximum Gasteiger partial charge on any atom is 0.508 e. The molecule has 0 spiro atoms. The van der Waals surface area contributed by atoms with Crippen LogP contribution in [0.25, 0.3) is 0 Å². The average Bonchev–Trinajstić information content (AvgIpc) is 0.943. The van der Waals surface area contributed by atoms with Crippen LogP contribution >= 0.6 is 7.60 Å². The number of carbonyl (C=O) groups is 3. The second-order valence-corrected chi connectivity index (χ2v) is 34.4. The number of alkyl carbamates (subject to hydrolysis) is 2. The Balaban J connectivity index is 0.000000700. The van der Waals surface area contributed by atoms with Crippen molar-refractivity contribution >= 4 is 36.0 Å². The SMILES string of the molecule is CCCCCCCCCCNS(=O)(=O)CCc1cc(C)ccc1C.CCCCCCCCCNC(=O)OCCc1cc(C)ccc1C.CCCCCCCCCNC(=O)OCCc1cc(C)oc1C.CCCCCCCCCOC(=O)OCCc1cc(C)oc1C.CCCCOP(=O)(CCc1cc(C)oc1C)OCCCC. The fourth-order valence-corrected chi connectivity index (χ4v) is 15.3. The number of unbranched alkanes of at least 4 members (excludes halogenated alkanes) is 27. The molecule has 5 aromatic rings. The van der Waals surface area contributed by atoms with Crippen LogP contribution in [0.4, 0.5) is 14.4 Å². The predicted molar refractivity (Wildman–Crippen MR) is 463 cm³/mol. The normalized spacial score (nSPS) is 11.1. The molecule has 2 amide bonds. The topological polar surface area (TPSA) is 233 Å². The monoisotopic (exact) mass is 1610 g/mol. The van der Waals surface area contributed by atoms with Gasteiger partial charge in [0, 0.05) is 38.9 Å². The van der Waals surface area contributed by atoms with Gasteiger partial charge in [0.05, 0.1) is 51.6 Å². The highest BCUT2D eigenvalue weighted by Crippen LogP contribution is 2.49. The fraction of sp³-hybridized carbons (Fsp3) is 0.707. The van der Waals surface area contributed by atoms with Gasteiger partial charge in [0.2, 0.25) is 10.0 Å². The van der Waals surface area contributed by atoms with Gasteiger partial charge in [-0.05, 0) is 178 Å². The van der Waals surface area contributed by atoms with Gasteiger partial charge in [-0.3, -0.25) is 4.57 Å². The third kappa shape index (κ3) is 56.4. The molecule has 5 rings (SSSR count). The first kappa shape index (κ1) is 104. The first-order valence-electron chi connectivity index (χ1n) is 43.6. The summed E-state index contributed by atoms with van der Waals surface area (Å²) in [5.74, 6) is 5.53. The van der Waals surface area contributed by atoms with Crippen molar-refractivity contribution in [1.82, 2.24) is 15.4 Å². The van der Waals surface area contributed by atoms with E-state index >= 15 is 0 Å². The van der Waals surface area contributed by atoms with Crippen LogP contribution in [0.3, 0.4) is 0 Å². The summed E-state index contributed by atoms with van der Waals surface area (Å²) in [4.78, 5) is 34.6. The van der Waals surface area contributed by atoms with Crippen molar-refractivity contribution in [3.63, 3.8) is 0 Å². The maximum atomic E-state index is 12.8. The minimum atomic E-state index is -3.16. The molecule has 0 radical (unpaired) electrons. The molecule has 0 unspecified atom stereocenters. The zero-order valence-electron chi connectivity index (χ0n) is 73.3. The van der Waals surface area contributed by atoms with E-state index in [2.05, 4.69) is 107 Å². The van der Waals surface area contributed by atoms with E-state index in [1.54, 1.807) is 0 Å². The number of amides is 2. The number of sulfonamides is 1. The van der Waals surface area contributed by atoms with Crippen molar-refractivity contribution in [2.24, 2.45) is 0 Å². The number of aryl methyl sites for hydroxylation is 12. The van der Waals surface area contributed by atoms with Crippen molar-refractivity contribution < 1.29 is 68.6 Å². The molecule has 18 nitrogen and oxygen atoms in total. The zero-order chi connectivity index (χ0) is 82.9. The Morgan fingerprint density at radius 3 is 1.04 bits per heavy atom. The van der Waals surface area contributed by atoms with E-state index in [9.17, 15) is 27.4 Å². The van der Waals surface area contributed by atoms with Crippen LogP contribution in [-0.2, 0) is 74.7 Å². The molecular weight excluding hydrogens is 1450 g/mol. The maximum absolute atomic E-state index is 12.8. The third-order valence-corrected chi connectivity index (χ3v) is 22.8. The molecule has 0 saturated carbocycles. The van der Waals surface area contributed by atoms with Gasteiger partial charge in [0.1, 0.15) is 34.6 Å². The van der Waals surface area contributed by atoms with Crippen LogP contribution in [-0.4, -0.2) is 97.9 Å². The van der Waals surface area contributed by atoms with Gasteiger partial charge in [-0.2, -0.15) is 0 Å². The van der Waals surface area contributed by atoms with Crippen molar-refractivity contribution in [2.75, 3.05) is 71.2 Å². The first-order chi connectivity index (χ1) is 53.8. The Hall–Kier alpha value is -5.85. The summed E-state index contributed by atoms with van der Waals surface area (Å²) >= 11 is 0. The Morgan fingerprint density at radius 2 is 0.670 bits per heavy atom. The molecule has 642 valence electrons. The summed E-state index contributed by atoms with van der Waals surface area (Å²) < 4.78 is 87.8. The highest BCUT2D eigenvalue weighted by atomic mass is 32.2. The molecule has 0 bridgehead atoms. The Kier molecular flexibility index (Phi) is 62.6. The molecule has 3 aromatic heterocycles. The number of hydrogen-bond donors (Lipinski definition) is 3. The molecule has 0 saturated heterocycles. The predicted octanol–water partition coefficient (Wildman–Crippen LogP) is 25.8. The van der Waals surface area contributed by atoms with Gasteiger partial charge in [0.15, 0.2) is 0 Å². The van der Waals surface area contributed by atoms with Crippen LogP contribution in [0, 0.1) is 69.2 Å². The van der Waals surface area contributed by atoms with Gasteiger partial charge in [-0.1, -0.05) is 262 Å². The summed E-state index contributed by atoms with van der Waals surface area (Å²) in [5, 5.41) is 5.64. The summed E-state index contributed by atoms with van der Waals surface area (Å²) in [6.07, 6.45) is 42.2. The average molecular weight is 1610 g/mol. The number of carbonyl (C=O) groups excluding carboxylic acids is 3. The van der Waals surface area contributed by atoms with Crippen molar-refractivity contribution in [3.8, 4) is 0 Å². The fourth-order valence-electron chi connectivity index (χ4n) is 12.5. The molecule has 112 heavy (non-hydrogen) atoms. The largest absolute Gasteiger partial charge is 0.508 e. The molecule has 0 atom stereocenters. The van der Waals surface area contributed by atoms with E-state index in [0.717, 1.165) is 134 Å². The van der Waals surface area contributed by atoms with Crippen molar-refractivity contribution in [1.29, 1.82) is 0 Å². The molecule has 3 heterocycles. The Bertz CT molecular complexity index is 3240. The van der Waals surface area contributed by atoms with E-state index in [1.807, 2.05) is 73.6 Å². The highest BCUT2D eigenvalue weighted by molar-refractivity contribution is 7.89. The summed E-state index contributed by atoms with van der Waals surface area (Å²) in [6, 6.07) is 18.6. The number of hydrogen-bond acceptors (Lipinski definition) is 15. The third-order valence-electron chi connectivity index (χ3n) is 19.5. The quantitative estimate of drug-likeness (QED) is 0.0142. The molecule has 20 heteroatoms. The second-order valence-electron chi connectivity index (χ2n) is 30.3. The lowest BCUT2D eigenvalue weighted by Crippen LogP contribution is -2.28. The Morgan fingerprint density at radius 1 is 0.348 bits per heavy atom. The lowest BCUT2D eigenvalue weighted by Gasteiger charge is -2.18. The van der Waals surface area contributed by atoms with Crippen molar-refractivity contribution in [2.45, 2.75) is 355 Å². The number of benzene rings is 2. The van der Waals surface area contributed by atoms with Gasteiger partial charge in [-0.25, -0.2) is 27.5 Å². The highest BCUT2D eigenvalue weighted by Gasteiger charge is 2.25. The molecule has 2 aromatic carbocycles. The second kappa shape index (κ2) is 67.3. The molecule has 0 aliphatic carbocycles. The number of rotatable bonds is 57. The summed E-state index contributed by atoms with van der Waals surface area (Å²) in [5.41, 5.74) is 10.5. The van der Waals surface area contributed by atoms with Crippen LogP contribution in [0.5, 0.6) is 0 Å². The number of nitrogens with one attached hydrogen (secondary N) is 3. The molecule has 3 N–H and O–H groups in total. The van der Waals surface area contributed by atoms with Crippen LogP contribution < -0.4 is 15.4 Å². The van der Waals surface area contributed by atoms with Crippen LogP contribution in [0.15, 0.2) is 67.8 Å². The summed E-state index contributed by atoms with van der Waals surface area (Å²) in [6.45, 7) is 37.5. The molecule has 0 aliphatic rings. The molecular formula is C92H158N3O15PS. The minimum absolute atomic E-state index is 0.175. The summed E-state index contributed by atoms with van der Waals surface area (Å²) in [7, 11) is -6.16. The standard InChI is InChI=1S/C20H35NO2S.C20H33NO2.C18H31NO3.C18H30O4.C16H29O4P/c1-4-5-6-7-8-9-10-11-15-21-24(22,23)16-14-20-17-18(2)12-13-19(20)3;1-4-5-6-7-8-9-10-14-21-20(22)23-15-13-19-16-17(2)11-12-18(19)3;1-4-5-6-7-8-9-10-12-19-18(20)21-13-11-17-14-15(2)22-16(17)3;1-4-5-6-7-8-9-10-12-20-18(19)21-13-11-17-14-15(2)22-16(17)3;1-5-7-10-18-21(17,19-11-8-6-2)12-9-16-13-14(3)20-15(16)4/h12-13,17,21H,4-11,14-16H2,1-3H3;11-12,16H,4-10,13-15H2,1-3H3,(H,21,22);14H,4-13H2,1-3H3,(H,19,20);14H,4-13H2,1-3H3;13H,5-12H2,1-4H3. The van der Waals surface area contributed by atoms with E-state index in [-0.39, 0.29) is 17.9 Å². The zero-order valence-corrected chi connectivity index (χ0v) is 75.0. The van der Waals surface area contributed by atoms with Gasteiger partial charge >= 0.3 is 25.9 Å². The molecule has 0 fully saturated rings. The van der Waals surface area contributed by atoms with E-state index in [4.69, 9.17) is 41.2 Å². The van der Waals surface area contributed by atoms with Gasteiger partial charge in [0.25, 0.3) is 0 Å². The van der Waals surface area contributed by atoms with E-state index in [0.29, 0.717) is 84.6 Å². The van der Waals surface area contributed by atoms with Crippen LogP contribution in [0.1, 0.15) is 338 Å².